The van der Waals surface area contributed by atoms with Gasteiger partial charge in [0.1, 0.15) is 0 Å². The lowest BCUT2D eigenvalue weighted by atomic mass is 9.67. The van der Waals surface area contributed by atoms with Crippen molar-refractivity contribution in [2.75, 3.05) is 4.90 Å². The lowest BCUT2D eigenvalue weighted by Crippen LogP contribution is -2.29. The molecule has 0 saturated carbocycles. The van der Waals surface area contributed by atoms with Gasteiger partial charge in [0.25, 0.3) is 0 Å². The molecule has 12 rings (SSSR count). The van der Waals surface area contributed by atoms with Crippen molar-refractivity contribution in [3.63, 3.8) is 0 Å². The average molecular weight is 794 g/mol. The van der Waals surface area contributed by atoms with Gasteiger partial charge in [0.05, 0.1) is 10.8 Å². The average Bonchev–Trinajstić information content (AvgIpc) is 3.89. The van der Waals surface area contributed by atoms with E-state index in [2.05, 4.69) is 245 Å². The first kappa shape index (κ1) is 36.6. The van der Waals surface area contributed by atoms with Gasteiger partial charge in [-0.05, 0) is 132 Å². The third-order valence-electron chi connectivity index (χ3n) is 14.2. The van der Waals surface area contributed by atoms with Gasteiger partial charge < -0.3 is 4.90 Å². The van der Waals surface area contributed by atoms with Crippen LogP contribution in [0.25, 0.3) is 33.4 Å². The molecule has 2 atom stereocenters. The number of nitrogens with zero attached hydrogens (tertiary/aromatic N) is 1. The zero-order valence-electron chi connectivity index (χ0n) is 35.7. The molecule has 3 aliphatic carbocycles. The lowest BCUT2D eigenvalue weighted by molar-refractivity contribution is 0.590. The van der Waals surface area contributed by atoms with Crippen LogP contribution in [0.4, 0.5) is 17.1 Å². The largest absolute Gasteiger partial charge is 0.310 e. The fourth-order valence-corrected chi connectivity index (χ4v) is 11.5. The minimum Gasteiger partial charge on any atom is -0.310 e. The Morgan fingerprint density at radius 2 is 0.790 bits per heavy atom. The highest BCUT2D eigenvalue weighted by atomic mass is 15.1. The van der Waals surface area contributed by atoms with Crippen molar-refractivity contribution in [2.24, 2.45) is 0 Å². The standard InChI is InChI=1S/C61H47N/c1-40-18-17-21-43(36-40)60(41-19-7-5-8-20-41)53-27-14-11-24-47(53)50-33-31-45(38-57(50)60)62(44-22-9-6-10-23-44)46-32-34-51-48-25-12-15-28-54(48)61(58(51)39-46)55-29-16-13-26-49(55)52-37-42(59(2,3)4)30-35-56(52)61/h5-39H,1-4H3. The molecule has 62 heavy (non-hydrogen) atoms. The third kappa shape index (κ3) is 4.97. The maximum atomic E-state index is 2.51. The summed E-state index contributed by atoms with van der Waals surface area (Å²) in [6.07, 6.45) is 0. The van der Waals surface area contributed by atoms with Crippen LogP contribution in [0.2, 0.25) is 0 Å². The van der Waals surface area contributed by atoms with Gasteiger partial charge in [-0.2, -0.15) is 0 Å². The predicted molar refractivity (Wildman–Crippen MR) is 258 cm³/mol. The molecule has 9 aromatic rings. The van der Waals surface area contributed by atoms with Gasteiger partial charge in [-0.1, -0.05) is 202 Å². The van der Waals surface area contributed by atoms with Gasteiger partial charge in [-0.15, -0.1) is 0 Å². The van der Waals surface area contributed by atoms with Crippen LogP contribution < -0.4 is 4.90 Å². The molecule has 1 spiro atoms. The number of aryl methyl sites for hydroxylation is 1. The summed E-state index contributed by atoms with van der Waals surface area (Å²) in [5.74, 6) is 0. The Kier molecular flexibility index (Phi) is 7.91. The fourth-order valence-electron chi connectivity index (χ4n) is 11.5. The van der Waals surface area contributed by atoms with Crippen LogP contribution >= 0.6 is 0 Å². The topological polar surface area (TPSA) is 3.24 Å². The molecule has 0 saturated heterocycles. The molecule has 0 radical (unpaired) electrons. The van der Waals surface area contributed by atoms with Crippen LogP contribution in [-0.4, -0.2) is 0 Å². The van der Waals surface area contributed by atoms with E-state index in [0.717, 1.165) is 17.1 Å². The second-order valence-electron chi connectivity index (χ2n) is 18.5. The van der Waals surface area contributed by atoms with E-state index in [9.17, 15) is 0 Å². The summed E-state index contributed by atoms with van der Waals surface area (Å²) in [5.41, 5.74) is 23.5. The molecule has 2 unspecified atom stereocenters. The second kappa shape index (κ2) is 13.4. The Morgan fingerprint density at radius 3 is 1.37 bits per heavy atom. The first-order chi connectivity index (χ1) is 30.3. The summed E-state index contributed by atoms with van der Waals surface area (Å²) in [4.78, 5) is 2.48. The van der Waals surface area contributed by atoms with E-state index in [1.165, 1.54) is 89.0 Å². The number of rotatable bonds is 5. The van der Waals surface area contributed by atoms with Crippen molar-refractivity contribution < 1.29 is 0 Å². The summed E-state index contributed by atoms with van der Waals surface area (Å²) < 4.78 is 0. The molecule has 296 valence electrons. The first-order valence-electron chi connectivity index (χ1n) is 22.0. The summed E-state index contributed by atoms with van der Waals surface area (Å²) in [6, 6.07) is 80.3. The Bertz CT molecular complexity index is 3240. The molecule has 1 heteroatoms. The van der Waals surface area contributed by atoms with Crippen LogP contribution in [0.15, 0.2) is 212 Å². The summed E-state index contributed by atoms with van der Waals surface area (Å²) in [5, 5.41) is 0. The van der Waals surface area contributed by atoms with E-state index in [-0.39, 0.29) is 5.41 Å². The smallest absolute Gasteiger partial charge is 0.0726 e. The molecule has 0 bridgehead atoms. The molecule has 0 aliphatic heterocycles. The van der Waals surface area contributed by atoms with E-state index >= 15 is 0 Å². The number of anilines is 3. The van der Waals surface area contributed by atoms with E-state index < -0.39 is 10.8 Å². The Labute approximate surface area is 365 Å². The van der Waals surface area contributed by atoms with Crippen molar-refractivity contribution in [1.82, 2.24) is 0 Å². The molecule has 9 aromatic carbocycles. The van der Waals surface area contributed by atoms with Crippen molar-refractivity contribution >= 4 is 17.1 Å². The lowest BCUT2D eigenvalue weighted by Gasteiger charge is -2.35. The highest BCUT2D eigenvalue weighted by Crippen LogP contribution is 2.64. The zero-order valence-corrected chi connectivity index (χ0v) is 35.7. The monoisotopic (exact) mass is 793 g/mol. The molecule has 0 amide bonds. The normalized spacial score (nSPS) is 17.5. The van der Waals surface area contributed by atoms with E-state index in [0.29, 0.717) is 0 Å². The molecule has 1 nitrogen and oxygen atoms in total. The number of benzene rings is 9. The first-order valence-corrected chi connectivity index (χ1v) is 22.0. The molecular formula is C61H47N. The third-order valence-corrected chi connectivity index (χ3v) is 14.2. The fraction of sp³-hybridized carbons (Fsp3) is 0.115. The molecule has 0 fully saturated rings. The van der Waals surface area contributed by atoms with Gasteiger partial charge in [-0.3, -0.25) is 0 Å². The summed E-state index contributed by atoms with van der Waals surface area (Å²) >= 11 is 0. The highest BCUT2D eigenvalue weighted by Gasteiger charge is 2.52. The number of para-hydroxylation sites is 1. The number of fused-ring (bicyclic) bond motifs is 13. The number of hydrogen-bond acceptors (Lipinski definition) is 1. The van der Waals surface area contributed by atoms with Gasteiger partial charge in [0.15, 0.2) is 0 Å². The maximum Gasteiger partial charge on any atom is 0.0726 e. The molecule has 0 heterocycles. The Balaban J connectivity index is 1.12. The molecule has 3 aliphatic rings. The number of hydrogen-bond donors (Lipinski definition) is 0. The van der Waals surface area contributed by atoms with Gasteiger partial charge in [0, 0.05) is 17.1 Å². The van der Waals surface area contributed by atoms with Crippen molar-refractivity contribution in [1.29, 1.82) is 0 Å². The van der Waals surface area contributed by atoms with Crippen LogP contribution in [0.5, 0.6) is 0 Å². The SMILES string of the molecule is Cc1cccc(C2(c3ccccc3)c3ccccc3-c3ccc(N(c4ccccc4)c4ccc5c(c4)C4(c6ccccc6-c6cc(C(C)(C)C)ccc64)c4ccccc4-5)cc32)c1. The summed E-state index contributed by atoms with van der Waals surface area (Å²) in [7, 11) is 0. The summed E-state index contributed by atoms with van der Waals surface area (Å²) in [6.45, 7) is 9.16. The minimum absolute atomic E-state index is 0.0310. The molecule has 0 aromatic heterocycles. The van der Waals surface area contributed by atoms with Crippen LogP contribution in [0, 0.1) is 6.92 Å². The van der Waals surface area contributed by atoms with Gasteiger partial charge in [0.2, 0.25) is 0 Å². The van der Waals surface area contributed by atoms with Crippen LogP contribution in [-0.2, 0) is 16.2 Å². The molecule has 0 N–H and O–H groups in total. The highest BCUT2D eigenvalue weighted by molar-refractivity contribution is 5.97. The van der Waals surface area contributed by atoms with E-state index in [1.807, 2.05) is 0 Å². The van der Waals surface area contributed by atoms with E-state index in [4.69, 9.17) is 0 Å². The van der Waals surface area contributed by atoms with Crippen molar-refractivity contribution in [3.8, 4) is 33.4 Å². The zero-order chi connectivity index (χ0) is 41.8. The van der Waals surface area contributed by atoms with Crippen LogP contribution in [0.1, 0.15) is 76.4 Å². The Morgan fingerprint density at radius 1 is 0.323 bits per heavy atom. The van der Waals surface area contributed by atoms with Crippen molar-refractivity contribution in [2.45, 2.75) is 43.9 Å². The quantitative estimate of drug-likeness (QED) is 0.168. The van der Waals surface area contributed by atoms with Gasteiger partial charge >= 0.3 is 0 Å². The maximum absolute atomic E-state index is 2.51. The van der Waals surface area contributed by atoms with Gasteiger partial charge in [-0.25, -0.2) is 0 Å². The predicted octanol–water partition coefficient (Wildman–Crippen LogP) is 15.5. The van der Waals surface area contributed by atoms with Crippen LogP contribution in [0.3, 0.4) is 0 Å². The minimum atomic E-state index is -0.510. The second-order valence-corrected chi connectivity index (χ2v) is 18.5. The molecular weight excluding hydrogens is 747 g/mol. The van der Waals surface area contributed by atoms with Crippen molar-refractivity contribution in [3.05, 3.63) is 268 Å². The Hall–Kier alpha value is -7.22. The van der Waals surface area contributed by atoms with E-state index in [1.54, 1.807) is 0 Å².